The van der Waals surface area contributed by atoms with Crippen molar-refractivity contribution in [2.45, 2.75) is 19.8 Å². The molecule has 0 N–H and O–H groups in total. The minimum atomic E-state index is 0.910. The monoisotopic (exact) mass is 290 g/mol. The van der Waals surface area contributed by atoms with Gasteiger partial charge in [0.2, 0.25) is 0 Å². The molecular weight excluding hydrogens is 279 g/mol. The van der Waals surface area contributed by atoms with Gasteiger partial charge >= 0.3 is 0 Å². The molecule has 0 saturated carbocycles. The Labute approximate surface area is 73.7 Å². The van der Waals surface area contributed by atoms with Crippen molar-refractivity contribution in [2.75, 3.05) is 9.76 Å². The minimum Gasteiger partial charge on any atom is -0.0928 e. The maximum Gasteiger partial charge on any atom is 0.00314 e. The van der Waals surface area contributed by atoms with E-state index in [0.29, 0.717) is 0 Å². The molecule has 0 radical (unpaired) electrons. The molecule has 0 spiro atoms. The lowest BCUT2D eigenvalue weighted by Crippen LogP contribution is -1.94. The molecule has 1 atom stereocenters. The zero-order valence-corrected chi connectivity index (χ0v) is 8.91. The summed E-state index contributed by atoms with van der Waals surface area (Å²) in [5.74, 6) is 0.910. The Hall–Kier alpha value is 1.21. The smallest absolute Gasteiger partial charge is 0.00314 e. The van der Waals surface area contributed by atoms with Crippen molar-refractivity contribution in [3.63, 3.8) is 0 Å². The summed E-state index contributed by atoms with van der Waals surface area (Å²) >= 11 is 5.84. The zero-order valence-electron chi connectivity index (χ0n) is 5.16. The molecular formula is C6H12BrI. The standard InChI is InChI=1S/C6H12BrI/c1-6(5-8)3-2-4-7/h6H,2-5H2,1H3. The van der Waals surface area contributed by atoms with Crippen molar-refractivity contribution in [3.8, 4) is 0 Å². The third-order valence-electron chi connectivity index (χ3n) is 1.09. The van der Waals surface area contributed by atoms with E-state index >= 15 is 0 Å². The van der Waals surface area contributed by atoms with E-state index in [4.69, 9.17) is 0 Å². The Morgan fingerprint density at radius 3 is 2.62 bits per heavy atom. The molecule has 0 aromatic heterocycles. The molecule has 0 rings (SSSR count). The molecule has 0 amide bonds. The first-order chi connectivity index (χ1) is 3.81. The molecule has 0 saturated heterocycles. The summed E-state index contributed by atoms with van der Waals surface area (Å²) in [7, 11) is 0. The van der Waals surface area contributed by atoms with Crippen LogP contribution in [0, 0.1) is 5.92 Å². The van der Waals surface area contributed by atoms with Crippen LogP contribution >= 0.6 is 38.5 Å². The first kappa shape index (κ1) is 9.21. The van der Waals surface area contributed by atoms with Crippen LogP contribution in [0.5, 0.6) is 0 Å². The maximum atomic E-state index is 3.40. The Kier molecular flexibility index (Phi) is 7.29. The summed E-state index contributed by atoms with van der Waals surface area (Å²) in [4.78, 5) is 0. The van der Waals surface area contributed by atoms with E-state index in [-0.39, 0.29) is 0 Å². The van der Waals surface area contributed by atoms with E-state index in [9.17, 15) is 0 Å². The quantitative estimate of drug-likeness (QED) is 0.551. The summed E-state index contributed by atoms with van der Waals surface area (Å²) < 4.78 is 1.30. The molecule has 0 aliphatic heterocycles. The lowest BCUT2D eigenvalue weighted by Gasteiger charge is -2.02. The fraction of sp³-hybridized carbons (Fsp3) is 1.00. The normalized spacial score (nSPS) is 13.9. The number of hydrogen-bond acceptors (Lipinski definition) is 0. The van der Waals surface area contributed by atoms with Gasteiger partial charge in [0.25, 0.3) is 0 Å². The van der Waals surface area contributed by atoms with Crippen molar-refractivity contribution in [3.05, 3.63) is 0 Å². The number of halogens is 2. The largest absolute Gasteiger partial charge is 0.0928 e. The van der Waals surface area contributed by atoms with Crippen molar-refractivity contribution >= 4 is 38.5 Å². The SMILES string of the molecule is CC(CI)CCCBr. The van der Waals surface area contributed by atoms with Crippen LogP contribution in [0.15, 0.2) is 0 Å². The van der Waals surface area contributed by atoms with Crippen molar-refractivity contribution < 1.29 is 0 Å². The molecule has 2 heteroatoms. The van der Waals surface area contributed by atoms with Gasteiger partial charge < -0.3 is 0 Å². The van der Waals surface area contributed by atoms with Crippen LogP contribution in [-0.4, -0.2) is 9.76 Å². The maximum absolute atomic E-state index is 3.40. The van der Waals surface area contributed by atoms with Crippen LogP contribution in [0.25, 0.3) is 0 Å². The lowest BCUT2D eigenvalue weighted by atomic mass is 10.1. The zero-order chi connectivity index (χ0) is 6.41. The molecule has 0 aliphatic carbocycles. The molecule has 0 nitrogen and oxygen atoms in total. The van der Waals surface area contributed by atoms with Crippen molar-refractivity contribution in [1.29, 1.82) is 0 Å². The molecule has 1 unspecified atom stereocenters. The Morgan fingerprint density at radius 1 is 1.62 bits per heavy atom. The fourth-order valence-electron chi connectivity index (χ4n) is 0.503. The molecule has 0 heterocycles. The number of alkyl halides is 2. The highest BCUT2D eigenvalue weighted by Crippen LogP contribution is 2.09. The summed E-state index contributed by atoms with van der Waals surface area (Å²) in [6, 6.07) is 0. The third kappa shape index (κ3) is 5.35. The number of rotatable bonds is 4. The summed E-state index contributed by atoms with van der Waals surface area (Å²) in [5.41, 5.74) is 0. The number of hydrogen-bond donors (Lipinski definition) is 0. The second-order valence-corrected chi connectivity index (χ2v) is 3.76. The summed E-state index contributed by atoms with van der Waals surface area (Å²) in [6.07, 6.45) is 2.69. The fourth-order valence-corrected chi connectivity index (χ4v) is 1.27. The third-order valence-corrected chi connectivity index (χ3v) is 3.16. The van der Waals surface area contributed by atoms with Gasteiger partial charge in [-0.15, -0.1) is 0 Å². The van der Waals surface area contributed by atoms with E-state index in [1.54, 1.807) is 0 Å². The minimum absolute atomic E-state index is 0.910. The van der Waals surface area contributed by atoms with Crippen LogP contribution in [0.3, 0.4) is 0 Å². The molecule has 0 aromatic rings. The average molecular weight is 291 g/mol. The highest BCUT2D eigenvalue weighted by molar-refractivity contribution is 14.1. The van der Waals surface area contributed by atoms with Gasteiger partial charge in [0.05, 0.1) is 0 Å². The van der Waals surface area contributed by atoms with Gasteiger partial charge in [0.15, 0.2) is 0 Å². The van der Waals surface area contributed by atoms with Crippen LogP contribution in [-0.2, 0) is 0 Å². The Bertz CT molecular complexity index is 47.8. The topological polar surface area (TPSA) is 0 Å². The Morgan fingerprint density at radius 2 is 2.25 bits per heavy atom. The van der Waals surface area contributed by atoms with Crippen LogP contribution < -0.4 is 0 Å². The van der Waals surface area contributed by atoms with E-state index in [1.807, 2.05) is 0 Å². The van der Waals surface area contributed by atoms with Gasteiger partial charge in [0.1, 0.15) is 0 Å². The van der Waals surface area contributed by atoms with Crippen LogP contribution in [0.4, 0.5) is 0 Å². The average Bonchev–Trinajstić information content (AvgIpc) is 1.83. The van der Waals surface area contributed by atoms with Gasteiger partial charge in [-0.25, -0.2) is 0 Å². The predicted octanol–water partition coefficient (Wildman–Crippen LogP) is 3.23. The molecule has 0 aromatic carbocycles. The molecule has 8 heavy (non-hydrogen) atoms. The predicted molar refractivity (Wildman–Crippen MR) is 51.1 cm³/mol. The van der Waals surface area contributed by atoms with Crippen molar-refractivity contribution in [1.82, 2.24) is 0 Å². The molecule has 50 valence electrons. The first-order valence-electron chi connectivity index (χ1n) is 2.93. The second-order valence-electron chi connectivity index (χ2n) is 2.09. The summed E-state index contributed by atoms with van der Waals surface area (Å²) in [6.45, 7) is 2.30. The van der Waals surface area contributed by atoms with Gasteiger partial charge in [-0.2, -0.15) is 0 Å². The second kappa shape index (κ2) is 6.33. The van der Waals surface area contributed by atoms with Gasteiger partial charge in [-0.3, -0.25) is 0 Å². The van der Waals surface area contributed by atoms with Gasteiger partial charge in [0, 0.05) is 9.76 Å². The van der Waals surface area contributed by atoms with Crippen LogP contribution in [0.1, 0.15) is 19.8 Å². The lowest BCUT2D eigenvalue weighted by molar-refractivity contribution is 0.597. The molecule has 0 aliphatic rings. The van der Waals surface area contributed by atoms with Gasteiger partial charge in [-0.1, -0.05) is 45.4 Å². The highest BCUT2D eigenvalue weighted by Gasteiger charge is 1.96. The summed E-state index contributed by atoms with van der Waals surface area (Å²) in [5, 5.41) is 1.16. The van der Waals surface area contributed by atoms with Crippen molar-refractivity contribution in [2.24, 2.45) is 5.92 Å². The van der Waals surface area contributed by atoms with E-state index in [0.717, 1.165) is 11.2 Å². The van der Waals surface area contributed by atoms with E-state index in [1.165, 1.54) is 17.3 Å². The first-order valence-corrected chi connectivity index (χ1v) is 5.58. The van der Waals surface area contributed by atoms with Crippen LogP contribution in [0.2, 0.25) is 0 Å². The van der Waals surface area contributed by atoms with Gasteiger partial charge in [-0.05, 0) is 18.8 Å². The van der Waals surface area contributed by atoms with E-state index in [2.05, 4.69) is 45.4 Å². The molecule has 0 bridgehead atoms. The Balaban J connectivity index is 2.86. The molecule has 0 fully saturated rings. The van der Waals surface area contributed by atoms with E-state index < -0.39 is 0 Å². The highest BCUT2D eigenvalue weighted by atomic mass is 127.